The largest absolute Gasteiger partial charge is 0.494 e. The fourth-order valence-corrected chi connectivity index (χ4v) is 8.13. The van der Waals surface area contributed by atoms with E-state index in [9.17, 15) is 21.6 Å². The molecule has 4 aromatic rings. The number of methoxy groups -OCH3 is 1. The molecule has 2 aromatic heterocycles. The van der Waals surface area contributed by atoms with E-state index in [4.69, 9.17) is 19.6 Å². The van der Waals surface area contributed by atoms with E-state index >= 15 is 0 Å². The average molecular weight is 853 g/mol. The minimum absolute atomic E-state index is 0.0838. The summed E-state index contributed by atoms with van der Waals surface area (Å²) in [5.41, 5.74) is 4.33. The number of carboxylic acids is 1. The number of carbonyl (C=O) groups is 1. The van der Waals surface area contributed by atoms with E-state index in [0.717, 1.165) is 64.2 Å². The van der Waals surface area contributed by atoms with Crippen LogP contribution in [0.3, 0.4) is 0 Å². The van der Waals surface area contributed by atoms with Crippen LogP contribution in [0.4, 0.5) is 42.0 Å². The summed E-state index contributed by atoms with van der Waals surface area (Å²) in [4.78, 5) is 34.5. The van der Waals surface area contributed by atoms with E-state index in [1.165, 1.54) is 17.4 Å². The van der Waals surface area contributed by atoms with Gasteiger partial charge in [0.1, 0.15) is 22.0 Å². The molecule has 19 heteroatoms. The van der Waals surface area contributed by atoms with Crippen LogP contribution in [0.1, 0.15) is 39.2 Å². The van der Waals surface area contributed by atoms with Crippen LogP contribution >= 0.6 is 15.9 Å². The molecule has 55 heavy (non-hydrogen) atoms. The number of carboxylic acid groups (broad SMARTS) is 1. The van der Waals surface area contributed by atoms with Crippen LogP contribution in [0.5, 0.6) is 5.75 Å². The number of nitrogens with zero attached hydrogens (tertiary/aromatic N) is 7. The number of hydrogen-bond acceptors (Lipinski definition) is 13. The van der Waals surface area contributed by atoms with Crippen molar-refractivity contribution in [1.29, 1.82) is 0 Å². The van der Waals surface area contributed by atoms with Gasteiger partial charge in [-0.15, -0.1) is 0 Å². The summed E-state index contributed by atoms with van der Waals surface area (Å²) in [6.07, 6.45) is 2.75. The third-order valence-corrected chi connectivity index (χ3v) is 12.4. The van der Waals surface area contributed by atoms with E-state index in [2.05, 4.69) is 82.3 Å². The summed E-state index contributed by atoms with van der Waals surface area (Å²) >= 11 is 3.54. The molecule has 0 saturated carbocycles. The molecule has 3 N–H and O–H groups in total. The van der Waals surface area contributed by atoms with Crippen molar-refractivity contribution < 1.29 is 36.2 Å². The second kappa shape index (κ2) is 17.6. The van der Waals surface area contributed by atoms with Gasteiger partial charge in [-0.25, -0.2) is 18.2 Å². The van der Waals surface area contributed by atoms with Gasteiger partial charge in [-0.05, 0) is 79.9 Å². The molecule has 0 bridgehead atoms. The SMILES string of the molecule is CCc1cc(Nc2ncc(Br)c(Nc3ccc4nccnc4c3S(=O)(=O)C(C)C)n2)c(OC)cc1N1CCC(N2CCN(C)CC2)CC1.O=C(O)C(F)(F)F. The number of anilines is 5. The Morgan fingerprint density at radius 2 is 1.67 bits per heavy atom. The van der Waals surface area contributed by atoms with Gasteiger partial charge in [0.15, 0.2) is 9.84 Å². The number of fused-ring (bicyclic) bond motifs is 1. The molecule has 2 aliphatic heterocycles. The highest BCUT2D eigenvalue weighted by Crippen LogP contribution is 2.38. The minimum Gasteiger partial charge on any atom is -0.494 e. The first-order valence-corrected chi connectivity index (χ1v) is 20.1. The fourth-order valence-electron chi connectivity index (χ4n) is 6.51. The lowest BCUT2D eigenvalue weighted by Crippen LogP contribution is -2.52. The van der Waals surface area contributed by atoms with Crippen LogP contribution in [0.15, 0.2) is 52.2 Å². The normalized spacial score (nSPS) is 16.1. The minimum atomic E-state index is -5.08. The summed E-state index contributed by atoms with van der Waals surface area (Å²) in [6, 6.07) is 8.32. The Labute approximate surface area is 326 Å². The second-order valence-corrected chi connectivity index (χ2v) is 16.8. The molecule has 298 valence electrons. The number of piperazine rings is 1. The Balaban J connectivity index is 0.000000757. The van der Waals surface area contributed by atoms with Crippen LogP contribution in [-0.2, 0) is 21.1 Å². The number of rotatable bonds is 10. The van der Waals surface area contributed by atoms with Gasteiger partial charge in [-0.1, -0.05) is 6.92 Å². The van der Waals surface area contributed by atoms with Gasteiger partial charge in [-0.2, -0.15) is 18.2 Å². The molecule has 0 amide bonds. The number of benzene rings is 2. The van der Waals surface area contributed by atoms with Gasteiger partial charge in [-0.3, -0.25) is 14.9 Å². The molecule has 2 aromatic carbocycles. The van der Waals surface area contributed by atoms with Gasteiger partial charge in [0.2, 0.25) is 5.95 Å². The van der Waals surface area contributed by atoms with E-state index in [-0.39, 0.29) is 4.90 Å². The highest BCUT2D eigenvalue weighted by Gasteiger charge is 2.38. The maximum Gasteiger partial charge on any atom is 0.490 e. The number of sulfone groups is 1. The van der Waals surface area contributed by atoms with Gasteiger partial charge < -0.3 is 30.3 Å². The number of nitrogens with one attached hydrogen (secondary N) is 2. The molecule has 4 heterocycles. The Morgan fingerprint density at radius 1 is 1.02 bits per heavy atom. The van der Waals surface area contributed by atoms with Crippen molar-refractivity contribution in [3.8, 4) is 5.75 Å². The number of alkyl halides is 3. The average Bonchev–Trinajstić information content (AvgIpc) is 3.16. The lowest BCUT2D eigenvalue weighted by molar-refractivity contribution is -0.192. The van der Waals surface area contributed by atoms with Crippen molar-refractivity contribution in [2.24, 2.45) is 0 Å². The third-order valence-electron chi connectivity index (χ3n) is 9.63. The Hall–Kier alpha value is -4.33. The molecule has 6 rings (SSSR count). The van der Waals surface area contributed by atoms with Gasteiger partial charge >= 0.3 is 12.1 Å². The number of likely N-dealkylation sites (N-methyl/N-ethyl adjacent to an activating group) is 1. The third kappa shape index (κ3) is 9.92. The lowest BCUT2D eigenvalue weighted by atomic mass is 9.99. The molecule has 0 radical (unpaired) electrons. The highest BCUT2D eigenvalue weighted by molar-refractivity contribution is 9.10. The molecule has 0 aliphatic carbocycles. The highest BCUT2D eigenvalue weighted by atomic mass is 79.9. The first-order valence-electron chi connectivity index (χ1n) is 17.8. The number of aromatic nitrogens is 4. The molecule has 14 nitrogen and oxygen atoms in total. The number of halogens is 4. The zero-order valence-electron chi connectivity index (χ0n) is 31.2. The van der Waals surface area contributed by atoms with E-state index < -0.39 is 27.2 Å². The zero-order chi connectivity index (χ0) is 40.1. The molecule has 0 spiro atoms. The lowest BCUT2D eigenvalue weighted by Gasteiger charge is -2.43. The molecule has 2 saturated heterocycles. The zero-order valence-corrected chi connectivity index (χ0v) is 33.6. The standard InChI is InChI=1S/C34H44BrN9O3S.C2HF3O2/c1-6-23-19-28(30(47-5)20-29(23)44-13-9-24(10-14-44)43-17-15-42(4)16-18-43)40-34-38-21-25(35)33(41-34)39-27-8-7-26-31(37-12-11-36-26)32(27)48(45,46)22(2)3;3-2(4,5)1(6)7/h7-8,11-12,19-22,24H,6,9-10,13-18H2,1-5H3,(H2,38,39,40,41);(H,6,7). The molecule has 2 aliphatic rings. The quantitative estimate of drug-likeness (QED) is 0.163. The summed E-state index contributed by atoms with van der Waals surface area (Å²) in [7, 11) is 0.145. The predicted molar refractivity (Wildman–Crippen MR) is 209 cm³/mol. The van der Waals surface area contributed by atoms with Crippen molar-refractivity contribution in [3.05, 3.63) is 52.9 Å². The summed E-state index contributed by atoms with van der Waals surface area (Å²) in [5.74, 6) is -1.34. The smallest absolute Gasteiger partial charge is 0.490 e. The van der Waals surface area contributed by atoms with Crippen LogP contribution in [0.25, 0.3) is 11.0 Å². The van der Waals surface area contributed by atoms with Crippen molar-refractivity contribution in [2.75, 3.05) is 69.0 Å². The van der Waals surface area contributed by atoms with E-state index in [0.29, 0.717) is 44.8 Å². The fraction of sp³-hybridized carbons (Fsp3) is 0.472. The van der Waals surface area contributed by atoms with E-state index in [1.54, 1.807) is 45.5 Å². The van der Waals surface area contributed by atoms with Gasteiger partial charge in [0.05, 0.1) is 33.7 Å². The Bertz CT molecular complexity index is 2090. The summed E-state index contributed by atoms with van der Waals surface area (Å²) < 4.78 is 65.3. The maximum atomic E-state index is 13.5. The first kappa shape index (κ1) is 41.8. The summed E-state index contributed by atoms with van der Waals surface area (Å²) in [5, 5.41) is 13.0. The van der Waals surface area contributed by atoms with Crippen molar-refractivity contribution in [2.45, 2.75) is 62.4 Å². The topological polar surface area (TPSA) is 166 Å². The monoisotopic (exact) mass is 851 g/mol. The molecular weight excluding hydrogens is 807 g/mol. The number of hydrogen-bond donors (Lipinski definition) is 3. The van der Waals surface area contributed by atoms with Gasteiger partial charge in [0.25, 0.3) is 0 Å². The van der Waals surface area contributed by atoms with Crippen LogP contribution in [-0.4, -0.2) is 120 Å². The van der Waals surface area contributed by atoms with Crippen molar-refractivity contribution in [3.63, 3.8) is 0 Å². The maximum absolute atomic E-state index is 13.5. The van der Waals surface area contributed by atoms with Crippen molar-refractivity contribution >= 4 is 71.6 Å². The van der Waals surface area contributed by atoms with Crippen LogP contribution < -0.4 is 20.3 Å². The number of piperidine rings is 1. The van der Waals surface area contributed by atoms with Gasteiger partial charge in [0, 0.05) is 75.7 Å². The van der Waals surface area contributed by atoms with Crippen LogP contribution in [0.2, 0.25) is 0 Å². The predicted octanol–water partition coefficient (Wildman–Crippen LogP) is 6.27. The molecule has 0 unspecified atom stereocenters. The number of ether oxygens (including phenoxy) is 1. The number of aryl methyl sites for hydroxylation is 1. The Kier molecular flexibility index (Phi) is 13.4. The summed E-state index contributed by atoms with van der Waals surface area (Å²) in [6.45, 7) is 12.1. The first-order chi connectivity index (χ1) is 26.0. The second-order valence-electron chi connectivity index (χ2n) is 13.5. The molecule has 2 fully saturated rings. The molecule has 0 atom stereocenters. The number of aliphatic carboxylic acids is 1. The van der Waals surface area contributed by atoms with Crippen molar-refractivity contribution in [1.82, 2.24) is 29.7 Å². The molecular formula is C36H45BrF3N9O5S. The van der Waals surface area contributed by atoms with E-state index in [1.807, 2.05) is 0 Å². The van der Waals surface area contributed by atoms with Crippen LogP contribution in [0, 0.1) is 0 Å². The Morgan fingerprint density at radius 3 is 2.27 bits per heavy atom.